The van der Waals surface area contributed by atoms with Gasteiger partial charge in [-0.3, -0.25) is 0 Å². The average Bonchev–Trinajstić information content (AvgIpc) is 2.95. The molecule has 0 atom stereocenters. The Morgan fingerprint density at radius 3 is 1.38 bits per heavy atom. The zero-order chi connectivity index (χ0) is 29.1. The second kappa shape index (κ2) is 25.7. The maximum absolute atomic E-state index is 12.1. The summed E-state index contributed by atoms with van der Waals surface area (Å²) in [5.74, 6) is 0. The summed E-state index contributed by atoms with van der Waals surface area (Å²) in [6.45, 7) is 4.67. The molecule has 0 aromatic heterocycles. The van der Waals surface area contributed by atoms with Crippen molar-refractivity contribution >= 4 is 12.2 Å². The molecule has 230 valence electrons. The first kappa shape index (κ1) is 35.7. The molecule has 2 N–H and O–H groups in total. The molecular formula is C33H59N3O4. The Kier molecular flexibility index (Phi) is 22.9. The Morgan fingerprint density at radius 1 is 0.600 bits per heavy atom. The summed E-state index contributed by atoms with van der Waals surface area (Å²) in [4.78, 5) is 26.1. The molecule has 2 amide bonds. The standard InChI is InChI=1S/C33H59N3O4/c1-4-5-6-7-8-9-10-11-12-13-14-15-16-17-18-21-25-34-32(37)39-28-30-23-19-20-24-31(30)29-40-33(38)35-26-22-27-36(2)3/h19-20,23-24H,4-18,21-22,25-29H2,1-3H3,(H,34,37)(H,35,38). The number of nitrogens with zero attached hydrogens (tertiary/aromatic N) is 1. The van der Waals surface area contributed by atoms with E-state index in [9.17, 15) is 9.59 Å². The molecule has 0 saturated heterocycles. The van der Waals surface area contributed by atoms with Gasteiger partial charge in [0, 0.05) is 13.1 Å². The van der Waals surface area contributed by atoms with Crippen molar-refractivity contribution in [3.8, 4) is 0 Å². The van der Waals surface area contributed by atoms with Crippen molar-refractivity contribution in [2.75, 3.05) is 33.7 Å². The van der Waals surface area contributed by atoms with Gasteiger partial charge in [0.15, 0.2) is 0 Å². The van der Waals surface area contributed by atoms with E-state index in [-0.39, 0.29) is 13.2 Å². The molecule has 0 saturated carbocycles. The molecule has 0 radical (unpaired) electrons. The van der Waals surface area contributed by atoms with E-state index < -0.39 is 12.2 Å². The Labute approximate surface area is 245 Å². The first-order chi connectivity index (χ1) is 19.5. The maximum Gasteiger partial charge on any atom is 0.407 e. The third kappa shape index (κ3) is 21.5. The molecule has 0 fully saturated rings. The normalized spacial score (nSPS) is 11.0. The maximum atomic E-state index is 12.1. The molecule has 1 rings (SSSR count). The number of alkyl carbamates (subject to hydrolysis) is 2. The summed E-state index contributed by atoms with van der Waals surface area (Å²) < 4.78 is 10.7. The summed E-state index contributed by atoms with van der Waals surface area (Å²) in [6, 6.07) is 7.54. The second-order valence-corrected chi connectivity index (χ2v) is 11.2. The van der Waals surface area contributed by atoms with E-state index >= 15 is 0 Å². The predicted molar refractivity (Wildman–Crippen MR) is 166 cm³/mol. The highest BCUT2D eigenvalue weighted by Crippen LogP contribution is 2.14. The van der Waals surface area contributed by atoms with Crippen LogP contribution in [0.4, 0.5) is 9.59 Å². The largest absolute Gasteiger partial charge is 0.445 e. The Morgan fingerprint density at radius 2 is 0.975 bits per heavy atom. The number of hydrogen-bond donors (Lipinski definition) is 2. The molecule has 0 bridgehead atoms. The molecular weight excluding hydrogens is 502 g/mol. The van der Waals surface area contributed by atoms with E-state index in [4.69, 9.17) is 9.47 Å². The fraction of sp³-hybridized carbons (Fsp3) is 0.758. The minimum Gasteiger partial charge on any atom is -0.445 e. The smallest absolute Gasteiger partial charge is 0.407 e. The molecule has 7 nitrogen and oxygen atoms in total. The first-order valence-corrected chi connectivity index (χ1v) is 16.1. The minimum absolute atomic E-state index is 0.139. The van der Waals surface area contributed by atoms with E-state index in [1.54, 1.807) is 0 Å². The summed E-state index contributed by atoms with van der Waals surface area (Å²) >= 11 is 0. The van der Waals surface area contributed by atoms with Crippen molar-refractivity contribution in [2.24, 2.45) is 0 Å². The van der Waals surface area contributed by atoms with Crippen molar-refractivity contribution in [3.63, 3.8) is 0 Å². The van der Waals surface area contributed by atoms with Gasteiger partial charge in [-0.1, -0.05) is 128 Å². The van der Waals surface area contributed by atoms with Crippen LogP contribution >= 0.6 is 0 Å². The highest BCUT2D eigenvalue weighted by Gasteiger charge is 2.09. The van der Waals surface area contributed by atoms with E-state index in [0.29, 0.717) is 13.1 Å². The van der Waals surface area contributed by atoms with Gasteiger partial charge < -0.3 is 25.0 Å². The summed E-state index contributed by atoms with van der Waals surface area (Å²) in [6.07, 6.45) is 21.3. The molecule has 0 heterocycles. The van der Waals surface area contributed by atoms with E-state index in [2.05, 4.69) is 22.5 Å². The number of rotatable bonds is 25. The fourth-order valence-electron chi connectivity index (χ4n) is 4.68. The van der Waals surface area contributed by atoms with Crippen LogP contribution in [0.2, 0.25) is 0 Å². The number of unbranched alkanes of at least 4 members (excludes halogenated alkanes) is 15. The second-order valence-electron chi connectivity index (χ2n) is 11.2. The van der Waals surface area contributed by atoms with E-state index in [1.165, 1.54) is 89.9 Å². The molecule has 0 aliphatic carbocycles. The van der Waals surface area contributed by atoms with Crippen LogP contribution in [0.15, 0.2) is 24.3 Å². The lowest BCUT2D eigenvalue weighted by atomic mass is 10.0. The summed E-state index contributed by atoms with van der Waals surface area (Å²) in [5, 5.41) is 5.61. The number of ether oxygens (including phenoxy) is 2. The van der Waals surface area contributed by atoms with Crippen molar-refractivity contribution in [1.82, 2.24) is 15.5 Å². The molecule has 1 aromatic rings. The molecule has 0 aliphatic rings. The SMILES string of the molecule is CCCCCCCCCCCCCCCCCCNC(=O)OCc1ccccc1COC(=O)NCCCN(C)C. The molecule has 0 aliphatic heterocycles. The van der Waals surface area contributed by atoms with Crippen molar-refractivity contribution in [3.05, 3.63) is 35.4 Å². The number of amides is 2. The summed E-state index contributed by atoms with van der Waals surface area (Å²) in [5.41, 5.74) is 1.66. The molecule has 0 spiro atoms. The van der Waals surface area contributed by atoms with Crippen LogP contribution in [0.3, 0.4) is 0 Å². The van der Waals surface area contributed by atoms with Crippen LogP contribution < -0.4 is 10.6 Å². The molecule has 7 heteroatoms. The molecule has 1 aromatic carbocycles. The van der Waals surface area contributed by atoms with Gasteiger partial charge >= 0.3 is 12.2 Å². The van der Waals surface area contributed by atoms with E-state index in [1.807, 2.05) is 38.4 Å². The monoisotopic (exact) mass is 561 g/mol. The Hall–Kier alpha value is -2.28. The lowest BCUT2D eigenvalue weighted by Gasteiger charge is -2.12. The highest BCUT2D eigenvalue weighted by molar-refractivity contribution is 5.67. The lowest BCUT2D eigenvalue weighted by molar-refractivity contribution is 0.131. The topological polar surface area (TPSA) is 79.9 Å². The third-order valence-corrected chi connectivity index (χ3v) is 7.19. The lowest BCUT2D eigenvalue weighted by Crippen LogP contribution is -2.27. The zero-order valence-electron chi connectivity index (χ0n) is 25.9. The minimum atomic E-state index is -0.439. The van der Waals surface area contributed by atoms with Gasteiger partial charge in [-0.2, -0.15) is 0 Å². The van der Waals surface area contributed by atoms with Gasteiger partial charge in [-0.25, -0.2) is 9.59 Å². The average molecular weight is 562 g/mol. The van der Waals surface area contributed by atoms with Crippen molar-refractivity contribution in [1.29, 1.82) is 0 Å². The van der Waals surface area contributed by atoms with Crippen LogP contribution in [0.25, 0.3) is 0 Å². The van der Waals surface area contributed by atoms with Gasteiger partial charge in [0.1, 0.15) is 13.2 Å². The molecule has 40 heavy (non-hydrogen) atoms. The van der Waals surface area contributed by atoms with Gasteiger partial charge in [-0.15, -0.1) is 0 Å². The summed E-state index contributed by atoms with van der Waals surface area (Å²) in [7, 11) is 4.00. The van der Waals surface area contributed by atoms with Crippen LogP contribution in [-0.2, 0) is 22.7 Å². The highest BCUT2D eigenvalue weighted by atomic mass is 16.6. The van der Waals surface area contributed by atoms with Gasteiger partial charge in [0.25, 0.3) is 0 Å². The Bertz CT molecular complexity index is 757. The van der Waals surface area contributed by atoms with Crippen LogP contribution in [0.5, 0.6) is 0 Å². The molecule has 0 unspecified atom stereocenters. The van der Waals surface area contributed by atoms with Gasteiger partial charge in [0.05, 0.1) is 0 Å². The van der Waals surface area contributed by atoms with Crippen LogP contribution in [0.1, 0.15) is 127 Å². The zero-order valence-corrected chi connectivity index (χ0v) is 25.9. The quantitative estimate of drug-likeness (QED) is 0.117. The van der Waals surface area contributed by atoms with E-state index in [0.717, 1.165) is 36.9 Å². The van der Waals surface area contributed by atoms with Crippen molar-refractivity contribution in [2.45, 2.75) is 129 Å². The number of benzene rings is 1. The van der Waals surface area contributed by atoms with Crippen LogP contribution in [0, 0.1) is 0 Å². The first-order valence-electron chi connectivity index (χ1n) is 16.1. The number of hydrogen-bond acceptors (Lipinski definition) is 5. The Balaban J connectivity index is 2.00. The van der Waals surface area contributed by atoms with Crippen LogP contribution in [-0.4, -0.2) is 50.8 Å². The number of carbonyl (C=O) groups excluding carboxylic acids is 2. The van der Waals surface area contributed by atoms with Gasteiger partial charge in [0.2, 0.25) is 0 Å². The van der Waals surface area contributed by atoms with Crippen molar-refractivity contribution < 1.29 is 19.1 Å². The predicted octanol–water partition coefficient (Wildman–Crippen LogP) is 8.35. The number of carbonyl (C=O) groups is 2. The fourth-order valence-corrected chi connectivity index (χ4v) is 4.68. The van der Waals surface area contributed by atoms with Gasteiger partial charge in [-0.05, 0) is 44.6 Å². The number of nitrogens with one attached hydrogen (secondary N) is 2. The third-order valence-electron chi connectivity index (χ3n) is 7.19.